The van der Waals surface area contributed by atoms with Crippen LogP contribution < -0.4 is 5.73 Å². The summed E-state index contributed by atoms with van der Waals surface area (Å²) in [6, 6.07) is 5.57. The first-order valence-corrected chi connectivity index (χ1v) is 5.76. The van der Waals surface area contributed by atoms with E-state index >= 15 is 0 Å². The van der Waals surface area contributed by atoms with Crippen LogP contribution in [0.25, 0.3) is 0 Å². The van der Waals surface area contributed by atoms with Crippen LogP contribution in [-0.2, 0) is 0 Å². The summed E-state index contributed by atoms with van der Waals surface area (Å²) >= 11 is 0. The van der Waals surface area contributed by atoms with E-state index in [1.54, 1.807) is 6.07 Å². The molecule has 0 aliphatic heterocycles. The second kappa shape index (κ2) is 5.54. The molecule has 0 fully saturated rings. The Morgan fingerprint density at radius 3 is 2.56 bits per heavy atom. The van der Waals surface area contributed by atoms with Crippen LogP contribution in [0.4, 0.5) is 5.69 Å². The summed E-state index contributed by atoms with van der Waals surface area (Å²) < 4.78 is 0. The first-order valence-electron chi connectivity index (χ1n) is 5.76. The van der Waals surface area contributed by atoms with Crippen LogP contribution in [0.3, 0.4) is 0 Å². The standard InChI is InChI=1S/C13H20N2O/c1-4-9-15(5-2)13(16)12-10(3)7-6-8-11(12)14/h6-8H,4-5,9,14H2,1-3H3. The van der Waals surface area contributed by atoms with Crippen LogP contribution in [0, 0.1) is 6.92 Å². The van der Waals surface area contributed by atoms with Crippen molar-refractivity contribution in [1.29, 1.82) is 0 Å². The van der Waals surface area contributed by atoms with Gasteiger partial charge in [-0.2, -0.15) is 0 Å². The number of nitrogens with two attached hydrogens (primary N) is 1. The smallest absolute Gasteiger partial charge is 0.256 e. The fraction of sp³-hybridized carbons (Fsp3) is 0.462. The number of nitrogens with zero attached hydrogens (tertiary/aromatic N) is 1. The maximum Gasteiger partial charge on any atom is 0.256 e. The van der Waals surface area contributed by atoms with E-state index in [0.717, 1.165) is 25.1 Å². The lowest BCUT2D eigenvalue weighted by Crippen LogP contribution is -2.32. The maximum absolute atomic E-state index is 12.3. The lowest BCUT2D eigenvalue weighted by atomic mass is 10.1. The number of rotatable bonds is 4. The summed E-state index contributed by atoms with van der Waals surface area (Å²) in [5, 5.41) is 0. The second-order valence-electron chi connectivity index (χ2n) is 3.92. The minimum atomic E-state index is 0.0416. The molecule has 3 heteroatoms. The average Bonchev–Trinajstić information content (AvgIpc) is 2.25. The normalized spacial score (nSPS) is 10.2. The number of nitrogen functional groups attached to an aromatic ring is 1. The molecule has 0 bridgehead atoms. The van der Waals surface area contributed by atoms with Crippen molar-refractivity contribution >= 4 is 11.6 Å². The van der Waals surface area contributed by atoms with Crippen molar-refractivity contribution in [2.24, 2.45) is 0 Å². The highest BCUT2D eigenvalue weighted by molar-refractivity contribution is 6.00. The van der Waals surface area contributed by atoms with Crippen LogP contribution in [-0.4, -0.2) is 23.9 Å². The van der Waals surface area contributed by atoms with Crippen LogP contribution in [0.2, 0.25) is 0 Å². The third-order valence-corrected chi connectivity index (χ3v) is 2.68. The SMILES string of the molecule is CCCN(CC)C(=O)c1c(C)cccc1N. The van der Waals surface area contributed by atoms with Crippen molar-refractivity contribution in [2.75, 3.05) is 18.8 Å². The summed E-state index contributed by atoms with van der Waals surface area (Å²) in [5.74, 6) is 0.0416. The Labute approximate surface area is 97.2 Å². The molecule has 2 N–H and O–H groups in total. The van der Waals surface area contributed by atoms with Gasteiger partial charge in [0.05, 0.1) is 5.56 Å². The molecule has 16 heavy (non-hydrogen) atoms. The molecule has 88 valence electrons. The van der Waals surface area contributed by atoms with Crippen molar-refractivity contribution in [3.63, 3.8) is 0 Å². The Bertz CT molecular complexity index is 354. The molecule has 0 aliphatic carbocycles. The van der Waals surface area contributed by atoms with Crippen molar-refractivity contribution in [1.82, 2.24) is 4.90 Å². The van der Waals surface area contributed by atoms with E-state index in [-0.39, 0.29) is 5.91 Å². The van der Waals surface area contributed by atoms with Crippen molar-refractivity contribution in [3.8, 4) is 0 Å². The minimum Gasteiger partial charge on any atom is -0.398 e. The molecule has 0 saturated heterocycles. The summed E-state index contributed by atoms with van der Waals surface area (Å²) in [6.07, 6.45) is 0.964. The molecule has 0 spiro atoms. The van der Waals surface area contributed by atoms with Gasteiger partial charge in [-0.25, -0.2) is 0 Å². The van der Waals surface area contributed by atoms with Gasteiger partial charge in [0.2, 0.25) is 0 Å². The van der Waals surface area contributed by atoms with Crippen LogP contribution in [0.1, 0.15) is 36.2 Å². The third kappa shape index (κ3) is 2.54. The molecule has 0 unspecified atom stereocenters. The summed E-state index contributed by atoms with van der Waals surface area (Å²) in [7, 11) is 0. The van der Waals surface area contributed by atoms with Gasteiger partial charge in [0.25, 0.3) is 5.91 Å². The Hall–Kier alpha value is -1.51. The highest BCUT2D eigenvalue weighted by atomic mass is 16.2. The molecule has 1 amide bonds. The molecule has 0 aliphatic rings. The van der Waals surface area contributed by atoms with Crippen molar-refractivity contribution < 1.29 is 4.79 Å². The van der Waals surface area contributed by atoms with Crippen LogP contribution in [0.15, 0.2) is 18.2 Å². The van der Waals surface area contributed by atoms with E-state index in [1.807, 2.05) is 30.9 Å². The van der Waals surface area contributed by atoms with Gasteiger partial charge < -0.3 is 10.6 Å². The fourth-order valence-electron chi connectivity index (χ4n) is 1.81. The van der Waals surface area contributed by atoms with Crippen LogP contribution in [0.5, 0.6) is 0 Å². The molecule has 0 aromatic heterocycles. The minimum absolute atomic E-state index is 0.0416. The first-order chi connectivity index (χ1) is 7.61. The third-order valence-electron chi connectivity index (χ3n) is 2.68. The average molecular weight is 220 g/mol. The van der Waals surface area contributed by atoms with Crippen LogP contribution >= 0.6 is 0 Å². The fourth-order valence-corrected chi connectivity index (χ4v) is 1.81. The molecular formula is C13H20N2O. The Morgan fingerprint density at radius 1 is 1.38 bits per heavy atom. The molecular weight excluding hydrogens is 200 g/mol. The number of hydrogen-bond donors (Lipinski definition) is 1. The molecule has 3 nitrogen and oxygen atoms in total. The zero-order valence-electron chi connectivity index (χ0n) is 10.3. The number of carbonyl (C=O) groups excluding carboxylic acids is 1. The topological polar surface area (TPSA) is 46.3 Å². The lowest BCUT2D eigenvalue weighted by Gasteiger charge is -2.21. The van der Waals surface area contributed by atoms with Gasteiger partial charge in [-0.05, 0) is 31.9 Å². The molecule has 0 radical (unpaired) electrons. The maximum atomic E-state index is 12.3. The second-order valence-corrected chi connectivity index (χ2v) is 3.92. The van der Waals surface area contributed by atoms with E-state index in [2.05, 4.69) is 6.92 Å². The van der Waals surface area contributed by atoms with Gasteiger partial charge in [-0.3, -0.25) is 4.79 Å². The van der Waals surface area contributed by atoms with E-state index in [1.165, 1.54) is 0 Å². The molecule has 1 aromatic carbocycles. The first kappa shape index (κ1) is 12.6. The molecule has 0 heterocycles. The highest BCUT2D eigenvalue weighted by Crippen LogP contribution is 2.18. The number of amides is 1. The zero-order chi connectivity index (χ0) is 12.1. The number of hydrogen-bond acceptors (Lipinski definition) is 2. The summed E-state index contributed by atoms with van der Waals surface area (Å²) in [4.78, 5) is 14.1. The molecule has 1 aromatic rings. The van der Waals surface area contributed by atoms with Gasteiger partial charge >= 0.3 is 0 Å². The lowest BCUT2D eigenvalue weighted by molar-refractivity contribution is 0.0765. The summed E-state index contributed by atoms with van der Waals surface area (Å²) in [6.45, 7) is 7.48. The van der Waals surface area contributed by atoms with Gasteiger partial charge in [0.1, 0.15) is 0 Å². The van der Waals surface area contributed by atoms with Gasteiger partial charge in [0.15, 0.2) is 0 Å². The van der Waals surface area contributed by atoms with Crippen molar-refractivity contribution in [2.45, 2.75) is 27.2 Å². The largest absolute Gasteiger partial charge is 0.398 e. The molecule has 0 saturated carbocycles. The summed E-state index contributed by atoms with van der Waals surface area (Å²) in [5.41, 5.74) is 8.03. The van der Waals surface area contributed by atoms with Crippen molar-refractivity contribution in [3.05, 3.63) is 29.3 Å². The highest BCUT2D eigenvalue weighted by Gasteiger charge is 2.17. The molecule has 0 atom stereocenters. The Kier molecular flexibility index (Phi) is 4.35. The zero-order valence-corrected chi connectivity index (χ0v) is 10.3. The van der Waals surface area contributed by atoms with Gasteiger partial charge in [-0.1, -0.05) is 19.1 Å². The predicted octanol–water partition coefficient (Wildman–Crippen LogP) is 2.45. The quantitative estimate of drug-likeness (QED) is 0.792. The van der Waals surface area contributed by atoms with Gasteiger partial charge in [0, 0.05) is 18.8 Å². The van der Waals surface area contributed by atoms with E-state index in [4.69, 9.17) is 5.73 Å². The number of aryl methyl sites for hydroxylation is 1. The number of anilines is 1. The number of benzene rings is 1. The predicted molar refractivity (Wildman–Crippen MR) is 67.5 cm³/mol. The number of carbonyl (C=O) groups is 1. The van der Waals surface area contributed by atoms with E-state index in [0.29, 0.717) is 11.3 Å². The van der Waals surface area contributed by atoms with Gasteiger partial charge in [-0.15, -0.1) is 0 Å². The molecule has 1 rings (SSSR count). The van der Waals surface area contributed by atoms with E-state index in [9.17, 15) is 4.79 Å². The van der Waals surface area contributed by atoms with E-state index < -0.39 is 0 Å². The monoisotopic (exact) mass is 220 g/mol. The Balaban J connectivity index is 3.03. The Morgan fingerprint density at radius 2 is 2.06 bits per heavy atom.